The third-order valence-electron chi connectivity index (χ3n) is 2.94. The van der Waals surface area contributed by atoms with Crippen LogP contribution in [0.4, 0.5) is 13.9 Å². The molecule has 1 aromatic heterocycles. The quantitative estimate of drug-likeness (QED) is 0.758. The molecule has 4 nitrogen and oxygen atoms in total. The molecule has 0 bridgehead atoms. The third kappa shape index (κ3) is 5.45. The zero-order chi connectivity index (χ0) is 17.7. The molecule has 1 N–H and O–H groups in total. The molecular formula is C16H18F2N2O2S2. The molecule has 1 amide bonds. The minimum atomic E-state index is -2.85. The largest absolute Gasteiger partial charge is 0.435 e. The van der Waals surface area contributed by atoms with Gasteiger partial charge in [-0.25, -0.2) is 4.98 Å². The molecule has 130 valence electrons. The van der Waals surface area contributed by atoms with Gasteiger partial charge in [0.2, 0.25) is 5.91 Å². The molecule has 2 aromatic rings. The number of alkyl halides is 2. The highest BCUT2D eigenvalue weighted by Gasteiger charge is 2.13. The monoisotopic (exact) mass is 372 g/mol. The van der Waals surface area contributed by atoms with Gasteiger partial charge in [0.05, 0.1) is 11.4 Å². The average Bonchev–Trinajstić information content (AvgIpc) is 2.86. The highest BCUT2D eigenvalue weighted by Crippen LogP contribution is 2.31. The minimum Gasteiger partial charge on any atom is -0.435 e. The molecule has 0 atom stereocenters. The van der Waals surface area contributed by atoms with Gasteiger partial charge in [0.15, 0.2) is 5.13 Å². The van der Waals surface area contributed by atoms with Crippen LogP contribution in [0.25, 0.3) is 11.3 Å². The van der Waals surface area contributed by atoms with E-state index in [0.29, 0.717) is 16.1 Å². The third-order valence-corrected chi connectivity index (χ3v) is 4.93. The number of hydrogen-bond donors (Lipinski definition) is 1. The highest BCUT2D eigenvalue weighted by molar-refractivity contribution is 8.00. The van der Waals surface area contributed by atoms with Crippen LogP contribution >= 0.6 is 23.1 Å². The number of amides is 1. The lowest BCUT2D eigenvalue weighted by molar-refractivity contribution is -0.113. The zero-order valence-corrected chi connectivity index (χ0v) is 15.1. The number of thioether (sulfide) groups is 1. The number of hydrogen-bond acceptors (Lipinski definition) is 5. The van der Waals surface area contributed by atoms with E-state index in [4.69, 9.17) is 0 Å². The fraction of sp³-hybridized carbons (Fsp3) is 0.375. The maximum Gasteiger partial charge on any atom is 0.387 e. The van der Waals surface area contributed by atoms with Crippen LogP contribution < -0.4 is 10.1 Å². The molecule has 0 spiro atoms. The van der Waals surface area contributed by atoms with Crippen molar-refractivity contribution < 1.29 is 18.3 Å². The highest BCUT2D eigenvalue weighted by atomic mass is 32.2. The van der Waals surface area contributed by atoms with Crippen molar-refractivity contribution in [3.05, 3.63) is 29.1 Å². The Kier molecular flexibility index (Phi) is 6.56. The Balaban J connectivity index is 2.06. The van der Waals surface area contributed by atoms with Gasteiger partial charge < -0.3 is 10.1 Å². The first kappa shape index (κ1) is 18.7. The van der Waals surface area contributed by atoms with E-state index in [0.717, 1.165) is 16.1 Å². The molecule has 1 aromatic carbocycles. The maximum absolute atomic E-state index is 12.2. The molecule has 0 saturated carbocycles. The Morgan fingerprint density at radius 1 is 1.33 bits per heavy atom. The van der Waals surface area contributed by atoms with Gasteiger partial charge in [0, 0.05) is 10.4 Å². The number of rotatable bonds is 7. The van der Waals surface area contributed by atoms with Gasteiger partial charge in [0.1, 0.15) is 5.75 Å². The van der Waals surface area contributed by atoms with Gasteiger partial charge in [-0.05, 0) is 36.4 Å². The zero-order valence-electron chi connectivity index (χ0n) is 13.5. The van der Waals surface area contributed by atoms with E-state index in [9.17, 15) is 13.6 Å². The van der Waals surface area contributed by atoms with Crippen LogP contribution in [-0.2, 0) is 4.79 Å². The molecule has 0 radical (unpaired) electrons. The van der Waals surface area contributed by atoms with Crippen molar-refractivity contribution in [2.45, 2.75) is 32.6 Å². The van der Waals surface area contributed by atoms with Crippen molar-refractivity contribution in [3.8, 4) is 17.0 Å². The topological polar surface area (TPSA) is 51.2 Å². The molecular weight excluding hydrogens is 354 g/mol. The number of carbonyl (C=O) groups excluding carboxylic acids is 1. The summed E-state index contributed by atoms with van der Waals surface area (Å²) in [5.74, 6) is 0.390. The normalized spacial score (nSPS) is 11.1. The summed E-state index contributed by atoms with van der Waals surface area (Å²) in [4.78, 5) is 17.2. The summed E-state index contributed by atoms with van der Waals surface area (Å²) in [5, 5.41) is 3.71. The molecule has 0 unspecified atom stereocenters. The summed E-state index contributed by atoms with van der Waals surface area (Å²) >= 11 is 2.95. The Hall–Kier alpha value is -1.67. The number of thiazole rings is 1. The van der Waals surface area contributed by atoms with E-state index in [1.54, 1.807) is 23.9 Å². The molecule has 0 saturated heterocycles. The van der Waals surface area contributed by atoms with Crippen LogP contribution in [0.2, 0.25) is 0 Å². The van der Waals surface area contributed by atoms with E-state index < -0.39 is 6.61 Å². The second kappa shape index (κ2) is 8.43. The van der Waals surface area contributed by atoms with E-state index in [1.807, 2.05) is 20.8 Å². The van der Waals surface area contributed by atoms with Crippen LogP contribution in [-0.4, -0.2) is 28.5 Å². The summed E-state index contributed by atoms with van der Waals surface area (Å²) in [7, 11) is 0. The first-order valence-electron chi connectivity index (χ1n) is 7.29. The predicted octanol–water partition coefficient (Wildman–Crippen LogP) is 4.80. The summed E-state index contributed by atoms with van der Waals surface area (Å²) in [6.07, 6.45) is 0. The molecule has 0 aliphatic rings. The number of halogens is 2. The number of benzene rings is 1. The Morgan fingerprint density at radius 2 is 2.00 bits per heavy atom. The van der Waals surface area contributed by atoms with Gasteiger partial charge in [0.25, 0.3) is 0 Å². The fourth-order valence-electron chi connectivity index (χ4n) is 1.91. The van der Waals surface area contributed by atoms with Crippen LogP contribution in [0.3, 0.4) is 0 Å². The van der Waals surface area contributed by atoms with Crippen LogP contribution in [0.5, 0.6) is 5.75 Å². The van der Waals surface area contributed by atoms with Crippen molar-refractivity contribution >= 4 is 34.1 Å². The smallest absolute Gasteiger partial charge is 0.387 e. The molecule has 0 aliphatic carbocycles. The van der Waals surface area contributed by atoms with Crippen molar-refractivity contribution in [2.75, 3.05) is 11.1 Å². The van der Waals surface area contributed by atoms with Crippen molar-refractivity contribution in [3.63, 3.8) is 0 Å². The van der Waals surface area contributed by atoms with Crippen molar-refractivity contribution in [1.82, 2.24) is 4.98 Å². The second-order valence-electron chi connectivity index (χ2n) is 5.23. The Morgan fingerprint density at radius 3 is 2.58 bits per heavy atom. The number of aryl methyl sites for hydroxylation is 1. The number of aromatic nitrogens is 1. The summed E-state index contributed by atoms with van der Waals surface area (Å²) in [5.41, 5.74) is 1.50. The summed E-state index contributed by atoms with van der Waals surface area (Å²) in [6.45, 7) is 3.12. The Labute approximate surface area is 147 Å². The molecule has 8 heteroatoms. The van der Waals surface area contributed by atoms with Crippen LogP contribution in [0, 0.1) is 6.92 Å². The van der Waals surface area contributed by atoms with Gasteiger partial charge in [-0.3, -0.25) is 4.79 Å². The van der Waals surface area contributed by atoms with Crippen LogP contribution in [0.1, 0.15) is 18.7 Å². The number of carbonyl (C=O) groups is 1. The SMILES string of the molecule is Cc1sc(NC(=O)CSC(C)C)nc1-c1ccc(OC(F)F)cc1. The molecule has 2 rings (SSSR count). The van der Waals surface area contributed by atoms with Crippen molar-refractivity contribution in [2.24, 2.45) is 0 Å². The van der Waals surface area contributed by atoms with Gasteiger partial charge in [-0.2, -0.15) is 8.78 Å². The van der Waals surface area contributed by atoms with E-state index in [2.05, 4.69) is 15.0 Å². The predicted molar refractivity (Wildman–Crippen MR) is 95.1 cm³/mol. The summed E-state index contributed by atoms with van der Waals surface area (Å²) < 4.78 is 28.7. The number of nitrogens with zero attached hydrogens (tertiary/aromatic N) is 1. The van der Waals surface area contributed by atoms with E-state index >= 15 is 0 Å². The second-order valence-corrected chi connectivity index (χ2v) is 8.00. The molecule has 24 heavy (non-hydrogen) atoms. The summed E-state index contributed by atoms with van der Waals surface area (Å²) in [6, 6.07) is 6.27. The molecule has 0 aliphatic heterocycles. The van der Waals surface area contributed by atoms with Gasteiger partial charge in [-0.15, -0.1) is 23.1 Å². The first-order chi connectivity index (χ1) is 11.3. The number of ether oxygens (including phenoxy) is 1. The standard InChI is InChI=1S/C16H18F2N2O2S2/c1-9(2)23-8-13(21)19-16-20-14(10(3)24-16)11-4-6-12(7-5-11)22-15(17)18/h4-7,9,15H,8H2,1-3H3,(H,19,20,21). The lowest BCUT2D eigenvalue weighted by Crippen LogP contribution is -2.15. The maximum atomic E-state index is 12.2. The molecule has 1 heterocycles. The fourth-order valence-corrected chi connectivity index (χ4v) is 3.32. The average molecular weight is 372 g/mol. The lowest BCUT2D eigenvalue weighted by Gasteiger charge is -2.05. The Bertz CT molecular complexity index is 688. The van der Waals surface area contributed by atoms with E-state index in [-0.39, 0.29) is 11.7 Å². The van der Waals surface area contributed by atoms with Crippen LogP contribution in [0.15, 0.2) is 24.3 Å². The van der Waals surface area contributed by atoms with Gasteiger partial charge >= 0.3 is 6.61 Å². The minimum absolute atomic E-state index is 0.0883. The number of nitrogens with one attached hydrogen (secondary N) is 1. The lowest BCUT2D eigenvalue weighted by atomic mass is 10.1. The van der Waals surface area contributed by atoms with E-state index in [1.165, 1.54) is 23.5 Å². The number of anilines is 1. The van der Waals surface area contributed by atoms with Crippen molar-refractivity contribution in [1.29, 1.82) is 0 Å². The first-order valence-corrected chi connectivity index (χ1v) is 9.16. The van der Waals surface area contributed by atoms with Gasteiger partial charge in [-0.1, -0.05) is 13.8 Å². The molecule has 0 fully saturated rings.